The van der Waals surface area contributed by atoms with Crippen LogP contribution in [0.1, 0.15) is 11.4 Å². The molecule has 0 spiro atoms. The number of hydrogen-bond donors (Lipinski definition) is 0. The van der Waals surface area contributed by atoms with Gasteiger partial charge in [-0.2, -0.15) is 0 Å². The molecule has 1 aromatic heterocycles. The second kappa shape index (κ2) is 2.66. The van der Waals surface area contributed by atoms with Gasteiger partial charge < -0.3 is 0 Å². The fourth-order valence-corrected chi connectivity index (χ4v) is 0.968. The lowest BCUT2D eigenvalue weighted by molar-refractivity contribution is 0.607. The maximum atomic E-state index is 12.7. The monoisotopic (exact) mass is 203 g/mol. The van der Waals surface area contributed by atoms with Crippen LogP contribution in [0, 0.1) is 19.7 Å². The second-order valence-corrected chi connectivity index (χ2v) is 2.98. The fourth-order valence-electron chi connectivity index (χ4n) is 0.679. The average molecular weight is 204 g/mol. The first-order valence-electron chi connectivity index (χ1n) is 2.90. The predicted octanol–water partition coefficient (Wildman–Crippen LogP) is 2.60. The van der Waals surface area contributed by atoms with Gasteiger partial charge >= 0.3 is 0 Å². The van der Waals surface area contributed by atoms with Crippen molar-refractivity contribution in [3.63, 3.8) is 0 Å². The van der Waals surface area contributed by atoms with Gasteiger partial charge in [0.1, 0.15) is 5.82 Å². The van der Waals surface area contributed by atoms with Crippen LogP contribution in [0.3, 0.4) is 0 Å². The number of halogens is 2. The third-order valence-corrected chi connectivity index (χ3v) is 2.08. The molecular formula is C7H7BrFN. The van der Waals surface area contributed by atoms with Crippen molar-refractivity contribution in [3.8, 4) is 0 Å². The Labute approximate surface area is 67.4 Å². The molecule has 0 fully saturated rings. The van der Waals surface area contributed by atoms with E-state index in [1.165, 1.54) is 6.07 Å². The van der Waals surface area contributed by atoms with Crippen LogP contribution in [0.15, 0.2) is 10.5 Å². The number of pyridine rings is 1. The first kappa shape index (κ1) is 7.66. The molecule has 10 heavy (non-hydrogen) atoms. The molecule has 0 saturated heterocycles. The Balaban J connectivity index is 3.28. The summed E-state index contributed by atoms with van der Waals surface area (Å²) >= 11 is 3.18. The second-order valence-electron chi connectivity index (χ2n) is 2.12. The third-order valence-electron chi connectivity index (χ3n) is 1.28. The topological polar surface area (TPSA) is 12.9 Å². The van der Waals surface area contributed by atoms with Crippen LogP contribution in [-0.2, 0) is 0 Å². The van der Waals surface area contributed by atoms with Crippen molar-refractivity contribution in [1.82, 2.24) is 4.98 Å². The Morgan fingerprint density at radius 1 is 1.40 bits per heavy atom. The molecule has 0 aliphatic rings. The highest BCUT2D eigenvalue weighted by Gasteiger charge is 2.01. The number of hydrogen-bond acceptors (Lipinski definition) is 1. The number of aryl methyl sites for hydroxylation is 2. The summed E-state index contributed by atoms with van der Waals surface area (Å²) < 4.78 is 13.4. The Morgan fingerprint density at radius 3 is 2.50 bits per heavy atom. The van der Waals surface area contributed by atoms with Crippen LogP contribution >= 0.6 is 15.9 Å². The minimum atomic E-state index is -0.266. The van der Waals surface area contributed by atoms with Crippen LogP contribution in [0.2, 0.25) is 0 Å². The first-order chi connectivity index (χ1) is 4.61. The highest BCUT2D eigenvalue weighted by molar-refractivity contribution is 9.10. The molecule has 1 rings (SSSR count). The van der Waals surface area contributed by atoms with Crippen LogP contribution < -0.4 is 0 Å². The molecule has 0 saturated carbocycles. The summed E-state index contributed by atoms with van der Waals surface area (Å²) in [6, 6.07) is 1.43. The van der Waals surface area contributed by atoms with Gasteiger partial charge in [0.2, 0.25) is 0 Å². The van der Waals surface area contributed by atoms with Gasteiger partial charge in [0.15, 0.2) is 0 Å². The Kier molecular flexibility index (Phi) is 2.04. The lowest BCUT2D eigenvalue weighted by atomic mass is 10.3. The molecule has 0 aliphatic carbocycles. The zero-order valence-corrected chi connectivity index (χ0v) is 7.37. The van der Waals surface area contributed by atoms with Gasteiger partial charge in [-0.25, -0.2) is 4.39 Å². The van der Waals surface area contributed by atoms with Gasteiger partial charge in [-0.15, -0.1) is 0 Å². The number of rotatable bonds is 0. The molecule has 0 atom stereocenters. The summed E-state index contributed by atoms with van der Waals surface area (Å²) in [4.78, 5) is 3.95. The first-order valence-corrected chi connectivity index (χ1v) is 3.70. The lowest BCUT2D eigenvalue weighted by Crippen LogP contribution is -1.91. The van der Waals surface area contributed by atoms with E-state index in [0.29, 0.717) is 5.69 Å². The molecular weight excluding hydrogens is 197 g/mol. The molecule has 3 heteroatoms. The summed E-state index contributed by atoms with van der Waals surface area (Å²) in [6.45, 7) is 3.48. The molecule has 1 aromatic rings. The zero-order valence-electron chi connectivity index (χ0n) is 5.78. The molecule has 0 amide bonds. The highest BCUT2D eigenvalue weighted by atomic mass is 79.9. The van der Waals surface area contributed by atoms with Gasteiger partial charge in [0, 0.05) is 4.47 Å². The maximum Gasteiger partial charge on any atom is 0.145 e. The largest absolute Gasteiger partial charge is 0.254 e. The van der Waals surface area contributed by atoms with Crippen LogP contribution in [0.25, 0.3) is 0 Å². The number of nitrogens with zero attached hydrogens (tertiary/aromatic N) is 1. The van der Waals surface area contributed by atoms with Crippen molar-refractivity contribution in [2.45, 2.75) is 13.8 Å². The van der Waals surface area contributed by atoms with Gasteiger partial charge in [0.25, 0.3) is 0 Å². The summed E-state index contributed by atoms with van der Waals surface area (Å²) in [6.07, 6.45) is 0. The highest BCUT2D eigenvalue weighted by Crippen LogP contribution is 2.16. The quantitative estimate of drug-likeness (QED) is 0.632. The van der Waals surface area contributed by atoms with Crippen LogP contribution in [-0.4, -0.2) is 4.98 Å². The Morgan fingerprint density at radius 2 is 2.00 bits per heavy atom. The molecule has 0 bridgehead atoms. The van der Waals surface area contributed by atoms with E-state index in [4.69, 9.17) is 0 Å². The minimum absolute atomic E-state index is 0.266. The van der Waals surface area contributed by atoms with Crippen LogP contribution in [0.5, 0.6) is 0 Å². The lowest BCUT2D eigenvalue weighted by Gasteiger charge is -1.98. The van der Waals surface area contributed by atoms with Gasteiger partial charge in [-0.1, -0.05) is 0 Å². The van der Waals surface area contributed by atoms with Crippen molar-refractivity contribution in [2.75, 3.05) is 0 Å². The van der Waals surface area contributed by atoms with Crippen molar-refractivity contribution >= 4 is 15.9 Å². The van der Waals surface area contributed by atoms with Crippen LogP contribution in [0.4, 0.5) is 4.39 Å². The molecule has 0 aliphatic heterocycles. The van der Waals surface area contributed by atoms with E-state index in [0.717, 1.165) is 10.2 Å². The number of aromatic nitrogens is 1. The smallest absolute Gasteiger partial charge is 0.145 e. The fraction of sp³-hybridized carbons (Fsp3) is 0.286. The molecule has 0 N–H and O–H groups in total. The minimum Gasteiger partial charge on any atom is -0.254 e. The average Bonchev–Trinajstić information content (AvgIpc) is 1.84. The van der Waals surface area contributed by atoms with E-state index in [2.05, 4.69) is 20.9 Å². The molecule has 1 heterocycles. The normalized spacial score (nSPS) is 10.0. The molecule has 0 aromatic carbocycles. The van der Waals surface area contributed by atoms with Gasteiger partial charge in [0.05, 0.1) is 11.4 Å². The summed E-state index contributed by atoms with van der Waals surface area (Å²) in [5.74, 6) is -0.266. The maximum absolute atomic E-state index is 12.7. The summed E-state index contributed by atoms with van der Waals surface area (Å²) in [5, 5.41) is 0. The van der Waals surface area contributed by atoms with Crippen molar-refractivity contribution in [3.05, 3.63) is 27.7 Å². The van der Waals surface area contributed by atoms with E-state index in [-0.39, 0.29) is 5.82 Å². The van der Waals surface area contributed by atoms with E-state index in [9.17, 15) is 4.39 Å². The van der Waals surface area contributed by atoms with Crippen molar-refractivity contribution in [1.29, 1.82) is 0 Å². The van der Waals surface area contributed by atoms with Crippen molar-refractivity contribution < 1.29 is 4.39 Å². The molecule has 54 valence electrons. The van der Waals surface area contributed by atoms with E-state index in [1.54, 1.807) is 6.92 Å². The Bertz CT molecular complexity index is 210. The van der Waals surface area contributed by atoms with Gasteiger partial charge in [-0.05, 0) is 35.8 Å². The standard InChI is InChI=1S/C7H7BrFN/c1-4-6(8)3-7(9)5(2)10-4/h3H,1-2H3. The van der Waals surface area contributed by atoms with E-state index < -0.39 is 0 Å². The van der Waals surface area contributed by atoms with Gasteiger partial charge in [-0.3, -0.25) is 4.98 Å². The van der Waals surface area contributed by atoms with Crippen molar-refractivity contribution in [2.24, 2.45) is 0 Å². The molecule has 0 unspecified atom stereocenters. The predicted molar refractivity (Wildman–Crippen MR) is 41.4 cm³/mol. The third kappa shape index (κ3) is 1.34. The molecule has 1 nitrogen and oxygen atoms in total. The van der Waals surface area contributed by atoms with E-state index >= 15 is 0 Å². The SMILES string of the molecule is Cc1nc(C)c(Br)cc1F. The zero-order chi connectivity index (χ0) is 7.72. The Hall–Kier alpha value is -0.440. The molecule has 0 radical (unpaired) electrons. The summed E-state index contributed by atoms with van der Waals surface area (Å²) in [5.41, 5.74) is 1.26. The summed E-state index contributed by atoms with van der Waals surface area (Å²) in [7, 11) is 0. The van der Waals surface area contributed by atoms with E-state index in [1.807, 2.05) is 6.92 Å².